The van der Waals surface area contributed by atoms with Gasteiger partial charge in [-0.1, -0.05) is 0 Å². The number of benzene rings is 1. The lowest BCUT2D eigenvalue weighted by Gasteiger charge is -2.09. The third-order valence-electron chi connectivity index (χ3n) is 1.81. The number of hydrogen-bond acceptors (Lipinski definition) is 5. The van der Waals surface area contributed by atoms with Gasteiger partial charge in [-0.05, 0) is 18.2 Å². The molecule has 0 radical (unpaired) electrons. The second-order valence-electron chi connectivity index (χ2n) is 3.01. The Kier molecular flexibility index (Phi) is 3.51. The summed E-state index contributed by atoms with van der Waals surface area (Å²) in [5.74, 6) is 0. The average Bonchev–Trinajstić information content (AvgIpc) is 2.14. The molecule has 7 N–H and O–H groups in total. The first-order chi connectivity index (χ1) is 6.95. The molecule has 1 rings (SSSR count). The highest BCUT2D eigenvalue weighted by molar-refractivity contribution is 7.89. The summed E-state index contributed by atoms with van der Waals surface area (Å²) in [7, 11) is -3.70. The van der Waals surface area contributed by atoms with Crippen LogP contribution in [0.2, 0.25) is 0 Å². The zero-order chi connectivity index (χ0) is 11.5. The molecule has 0 aliphatic carbocycles. The molecule has 0 unspecified atom stereocenters. The standard InChI is InChI=1S/C8H14N4O2S/c9-3-4-12-8-2-1-6(5-7(8)10)15(11,13)14/h1-2,5,12H,3-4,9-10H2,(H2,11,13,14). The van der Waals surface area contributed by atoms with Crippen LogP contribution in [-0.4, -0.2) is 21.5 Å². The number of anilines is 2. The molecule has 0 aromatic heterocycles. The molecule has 0 aliphatic heterocycles. The van der Waals surface area contributed by atoms with E-state index < -0.39 is 10.0 Å². The minimum Gasteiger partial charge on any atom is -0.397 e. The quantitative estimate of drug-likeness (QED) is 0.508. The first-order valence-corrected chi connectivity index (χ1v) is 5.86. The molecule has 1 aromatic rings. The summed E-state index contributed by atoms with van der Waals surface area (Å²) in [6.45, 7) is 1.04. The number of primary sulfonamides is 1. The molecule has 0 amide bonds. The predicted molar refractivity (Wildman–Crippen MR) is 59.8 cm³/mol. The van der Waals surface area contributed by atoms with Gasteiger partial charge in [0.15, 0.2) is 0 Å². The predicted octanol–water partition coefficient (Wildman–Crippen LogP) is -0.713. The monoisotopic (exact) mass is 230 g/mol. The number of sulfonamides is 1. The van der Waals surface area contributed by atoms with Crippen molar-refractivity contribution in [3.05, 3.63) is 18.2 Å². The zero-order valence-corrected chi connectivity index (χ0v) is 8.92. The topological polar surface area (TPSA) is 124 Å². The molecule has 7 heteroatoms. The molecule has 15 heavy (non-hydrogen) atoms. The summed E-state index contributed by atoms with van der Waals surface area (Å²) in [6, 6.07) is 4.27. The van der Waals surface area contributed by atoms with Crippen LogP contribution in [0.3, 0.4) is 0 Å². The van der Waals surface area contributed by atoms with Gasteiger partial charge in [0.2, 0.25) is 10.0 Å². The Hall–Kier alpha value is -1.31. The normalized spacial score (nSPS) is 11.3. The fourth-order valence-corrected chi connectivity index (χ4v) is 1.63. The largest absolute Gasteiger partial charge is 0.397 e. The van der Waals surface area contributed by atoms with Crippen molar-refractivity contribution in [1.82, 2.24) is 0 Å². The lowest BCUT2D eigenvalue weighted by molar-refractivity contribution is 0.598. The van der Waals surface area contributed by atoms with Crippen molar-refractivity contribution in [2.45, 2.75) is 4.90 Å². The Bertz CT molecular complexity index is 444. The molecule has 0 aliphatic rings. The second kappa shape index (κ2) is 4.47. The summed E-state index contributed by atoms with van der Waals surface area (Å²) in [5, 5.41) is 7.91. The molecule has 0 saturated heterocycles. The first kappa shape index (κ1) is 11.8. The summed E-state index contributed by atoms with van der Waals surface area (Å²) < 4.78 is 22.0. The molecular formula is C8H14N4O2S. The number of nitrogen functional groups attached to an aromatic ring is 1. The van der Waals surface area contributed by atoms with E-state index >= 15 is 0 Å². The third kappa shape index (κ3) is 3.08. The fraction of sp³-hybridized carbons (Fsp3) is 0.250. The van der Waals surface area contributed by atoms with E-state index in [-0.39, 0.29) is 4.90 Å². The Balaban J connectivity index is 2.99. The third-order valence-corrected chi connectivity index (χ3v) is 2.72. The number of hydrogen-bond donors (Lipinski definition) is 4. The Morgan fingerprint density at radius 2 is 2.00 bits per heavy atom. The van der Waals surface area contributed by atoms with Crippen LogP contribution in [0.15, 0.2) is 23.1 Å². The van der Waals surface area contributed by atoms with Crippen LogP contribution in [0.4, 0.5) is 11.4 Å². The van der Waals surface area contributed by atoms with E-state index in [2.05, 4.69) is 5.32 Å². The van der Waals surface area contributed by atoms with Gasteiger partial charge < -0.3 is 16.8 Å². The van der Waals surface area contributed by atoms with E-state index in [9.17, 15) is 8.42 Å². The summed E-state index contributed by atoms with van der Waals surface area (Å²) >= 11 is 0. The van der Waals surface area contributed by atoms with Gasteiger partial charge in [0.05, 0.1) is 16.3 Å². The van der Waals surface area contributed by atoms with Gasteiger partial charge in [0.1, 0.15) is 0 Å². The number of nitrogens with one attached hydrogen (secondary N) is 1. The van der Waals surface area contributed by atoms with Gasteiger partial charge >= 0.3 is 0 Å². The van der Waals surface area contributed by atoms with Gasteiger partial charge in [0, 0.05) is 13.1 Å². The second-order valence-corrected chi connectivity index (χ2v) is 4.57. The van der Waals surface area contributed by atoms with E-state index in [0.29, 0.717) is 24.5 Å². The maximum absolute atomic E-state index is 11.0. The summed E-state index contributed by atoms with van der Waals surface area (Å²) in [4.78, 5) is -0.00158. The van der Waals surface area contributed by atoms with Crippen LogP contribution in [0, 0.1) is 0 Å². The Morgan fingerprint density at radius 3 is 2.47 bits per heavy atom. The van der Waals surface area contributed by atoms with Crippen molar-refractivity contribution in [3.8, 4) is 0 Å². The van der Waals surface area contributed by atoms with Crippen LogP contribution in [0.25, 0.3) is 0 Å². The molecular weight excluding hydrogens is 216 g/mol. The van der Waals surface area contributed by atoms with Gasteiger partial charge in [-0.25, -0.2) is 13.6 Å². The number of nitrogens with two attached hydrogens (primary N) is 3. The first-order valence-electron chi connectivity index (χ1n) is 4.31. The van der Waals surface area contributed by atoms with Crippen molar-refractivity contribution >= 4 is 21.4 Å². The van der Waals surface area contributed by atoms with Crippen molar-refractivity contribution < 1.29 is 8.42 Å². The minimum atomic E-state index is -3.70. The maximum Gasteiger partial charge on any atom is 0.238 e. The molecule has 84 valence electrons. The van der Waals surface area contributed by atoms with Crippen LogP contribution < -0.4 is 21.9 Å². The van der Waals surface area contributed by atoms with Crippen molar-refractivity contribution in [3.63, 3.8) is 0 Å². The maximum atomic E-state index is 11.0. The Labute approximate surface area is 88.5 Å². The Morgan fingerprint density at radius 1 is 1.33 bits per heavy atom. The minimum absolute atomic E-state index is 0.00158. The summed E-state index contributed by atoms with van der Waals surface area (Å²) in [5.41, 5.74) is 11.9. The van der Waals surface area contributed by atoms with Crippen LogP contribution >= 0.6 is 0 Å². The van der Waals surface area contributed by atoms with Gasteiger partial charge in [0.25, 0.3) is 0 Å². The van der Waals surface area contributed by atoms with Crippen molar-refractivity contribution in [2.75, 3.05) is 24.1 Å². The smallest absolute Gasteiger partial charge is 0.238 e. The van der Waals surface area contributed by atoms with E-state index in [1.807, 2.05) is 0 Å². The highest BCUT2D eigenvalue weighted by Gasteiger charge is 2.09. The molecule has 1 aromatic carbocycles. The fourth-order valence-electron chi connectivity index (χ4n) is 1.09. The van der Waals surface area contributed by atoms with E-state index in [0.717, 1.165) is 0 Å². The van der Waals surface area contributed by atoms with Crippen LogP contribution in [0.1, 0.15) is 0 Å². The molecule has 0 saturated carbocycles. The molecule has 0 atom stereocenters. The lowest BCUT2D eigenvalue weighted by Crippen LogP contribution is -2.15. The lowest BCUT2D eigenvalue weighted by atomic mass is 10.2. The van der Waals surface area contributed by atoms with E-state index in [1.54, 1.807) is 6.07 Å². The SMILES string of the molecule is NCCNc1ccc(S(N)(=O)=O)cc1N. The van der Waals surface area contributed by atoms with E-state index in [1.165, 1.54) is 12.1 Å². The highest BCUT2D eigenvalue weighted by atomic mass is 32.2. The number of rotatable bonds is 4. The molecule has 0 bridgehead atoms. The van der Waals surface area contributed by atoms with Crippen molar-refractivity contribution in [1.29, 1.82) is 0 Å². The van der Waals surface area contributed by atoms with Gasteiger partial charge in [-0.3, -0.25) is 0 Å². The van der Waals surface area contributed by atoms with Crippen LogP contribution in [0.5, 0.6) is 0 Å². The zero-order valence-electron chi connectivity index (χ0n) is 8.10. The molecule has 6 nitrogen and oxygen atoms in total. The molecule has 0 fully saturated rings. The van der Waals surface area contributed by atoms with Gasteiger partial charge in [-0.15, -0.1) is 0 Å². The van der Waals surface area contributed by atoms with Crippen LogP contribution in [-0.2, 0) is 10.0 Å². The van der Waals surface area contributed by atoms with E-state index in [4.69, 9.17) is 16.6 Å². The molecule has 0 heterocycles. The highest BCUT2D eigenvalue weighted by Crippen LogP contribution is 2.21. The average molecular weight is 230 g/mol. The summed E-state index contributed by atoms with van der Waals surface area (Å²) in [6.07, 6.45) is 0. The van der Waals surface area contributed by atoms with Gasteiger partial charge in [-0.2, -0.15) is 0 Å². The van der Waals surface area contributed by atoms with Crippen molar-refractivity contribution in [2.24, 2.45) is 10.9 Å². The molecule has 0 spiro atoms.